The summed E-state index contributed by atoms with van der Waals surface area (Å²) in [6, 6.07) is 4.93. The zero-order chi connectivity index (χ0) is 28.1. The quantitative estimate of drug-likeness (QED) is 0.120. The van der Waals surface area contributed by atoms with Gasteiger partial charge in [-0.2, -0.15) is 0 Å². The molecule has 0 radical (unpaired) electrons. The Morgan fingerprint density at radius 1 is 0.553 bits per heavy atom. The summed E-state index contributed by atoms with van der Waals surface area (Å²) in [6.07, 6.45) is 25.3. The molecule has 0 aliphatic carbocycles. The highest BCUT2D eigenvalue weighted by Gasteiger charge is 2.34. The van der Waals surface area contributed by atoms with E-state index in [4.69, 9.17) is 0 Å². The van der Waals surface area contributed by atoms with E-state index in [1.54, 1.807) is 6.07 Å². The summed E-state index contributed by atoms with van der Waals surface area (Å²) >= 11 is 0. The van der Waals surface area contributed by atoms with E-state index in [0.717, 1.165) is 57.8 Å². The number of hydrogen-bond donors (Lipinski definition) is 0. The topological polar surface area (TPSA) is 80.3 Å². The van der Waals surface area contributed by atoms with Gasteiger partial charge in [-0.25, -0.2) is 0 Å². The van der Waals surface area contributed by atoms with Gasteiger partial charge in [0.1, 0.15) is 0 Å². The molecule has 0 amide bonds. The van der Waals surface area contributed by atoms with Gasteiger partial charge in [0.2, 0.25) is 0 Å². The van der Waals surface area contributed by atoms with E-state index in [1.165, 1.54) is 89.5 Å². The Morgan fingerprint density at radius 2 is 0.921 bits per heavy atom. The number of hydrogen-bond acceptors (Lipinski definition) is 4. The molecule has 0 atom stereocenters. The monoisotopic (exact) mass is 528 g/mol. The van der Waals surface area contributed by atoms with Crippen LogP contribution in [0, 0.1) is 0 Å². The van der Waals surface area contributed by atoms with Crippen LogP contribution in [0.1, 0.15) is 188 Å². The molecular weight excluding hydrogens is 472 g/mol. The van der Waals surface area contributed by atoms with Gasteiger partial charge in [0.15, 0.2) is 0 Å². The number of carbonyl (C=O) groups is 2. The van der Waals surface area contributed by atoms with Crippen molar-refractivity contribution in [2.45, 2.75) is 167 Å². The normalized spacial score (nSPS) is 11.7. The second-order valence-corrected chi connectivity index (χ2v) is 11.5. The summed E-state index contributed by atoms with van der Waals surface area (Å²) in [5, 5.41) is 24.3. The van der Waals surface area contributed by atoms with Gasteiger partial charge in [0.05, 0.1) is 11.9 Å². The van der Waals surface area contributed by atoms with Crippen molar-refractivity contribution in [3.05, 3.63) is 34.9 Å². The van der Waals surface area contributed by atoms with Crippen molar-refractivity contribution in [2.24, 2.45) is 0 Å². The van der Waals surface area contributed by atoms with Gasteiger partial charge in [0, 0.05) is 11.1 Å². The second kappa shape index (κ2) is 21.0. The largest absolute Gasteiger partial charge is 0.545 e. The number of carbonyl (C=O) groups excluding carboxylic acids is 2. The Bertz CT molecular complexity index is 754. The Kier molecular flexibility index (Phi) is 18.9. The number of carboxylic acids is 2. The van der Waals surface area contributed by atoms with Crippen molar-refractivity contribution in [1.29, 1.82) is 0 Å². The fourth-order valence-electron chi connectivity index (χ4n) is 6.07. The lowest BCUT2D eigenvalue weighted by atomic mass is 9.67. The molecule has 1 aromatic carbocycles. The maximum atomic E-state index is 12.4. The number of aromatic carboxylic acids is 2. The molecule has 0 N–H and O–H groups in total. The maximum Gasteiger partial charge on any atom is 0.0724 e. The minimum Gasteiger partial charge on any atom is -0.545 e. The first kappa shape index (κ1) is 34.2. The van der Waals surface area contributed by atoms with Crippen molar-refractivity contribution < 1.29 is 19.8 Å². The van der Waals surface area contributed by atoms with E-state index in [2.05, 4.69) is 20.8 Å². The summed E-state index contributed by atoms with van der Waals surface area (Å²) in [5.74, 6) is -2.83. The third kappa shape index (κ3) is 12.8. The molecule has 1 aromatic rings. The van der Waals surface area contributed by atoms with Crippen molar-refractivity contribution in [3.63, 3.8) is 0 Å². The van der Waals surface area contributed by atoms with Crippen LogP contribution in [0.5, 0.6) is 0 Å². The first-order valence-corrected chi connectivity index (χ1v) is 16.0. The fraction of sp³-hybridized carbons (Fsp3) is 0.765. The molecule has 0 heterocycles. The van der Waals surface area contributed by atoms with Crippen molar-refractivity contribution in [3.8, 4) is 0 Å². The van der Waals surface area contributed by atoms with E-state index < -0.39 is 11.9 Å². The van der Waals surface area contributed by atoms with Crippen molar-refractivity contribution >= 4 is 11.9 Å². The van der Waals surface area contributed by atoms with E-state index in [-0.39, 0.29) is 16.5 Å². The lowest BCUT2D eigenvalue weighted by molar-refractivity contribution is -0.259. The SMILES string of the molecule is CCCCCCCCCC(CCCCCCCC)(CCCCCCCC)c1cccc(C(=O)[O-])c1C(=O)[O-]. The third-order valence-electron chi connectivity index (χ3n) is 8.34. The van der Waals surface area contributed by atoms with Crippen molar-refractivity contribution in [2.75, 3.05) is 0 Å². The van der Waals surface area contributed by atoms with Gasteiger partial charge < -0.3 is 19.8 Å². The van der Waals surface area contributed by atoms with Gasteiger partial charge in [0.25, 0.3) is 0 Å². The molecule has 0 fully saturated rings. The Morgan fingerprint density at radius 3 is 1.26 bits per heavy atom. The first-order valence-electron chi connectivity index (χ1n) is 16.0. The number of rotatable bonds is 25. The molecule has 218 valence electrons. The maximum absolute atomic E-state index is 12.4. The summed E-state index contributed by atoms with van der Waals surface area (Å²) in [6.45, 7) is 6.67. The highest BCUT2D eigenvalue weighted by atomic mass is 16.4. The molecular formula is C34H56O4-2. The first-order chi connectivity index (χ1) is 18.4. The van der Waals surface area contributed by atoms with Crippen LogP contribution in [0.25, 0.3) is 0 Å². The van der Waals surface area contributed by atoms with Crippen LogP contribution in [0.3, 0.4) is 0 Å². The molecule has 1 rings (SSSR count). The van der Waals surface area contributed by atoms with Gasteiger partial charge in [-0.05, 0) is 30.2 Å². The highest BCUT2D eigenvalue weighted by Crippen LogP contribution is 2.43. The van der Waals surface area contributed by atoms with Crippen LogP contribution in [0.4, 0.5) is 0 Å². The molecule has 0 bridgehead atoms. The predicted molar refractivity (Wildman–Crippen MR) is 155 cm³/mol. The molecule has 4 heteroatoms. The lowest BCUT2D eigenvalue weighted by Crippen LogP contribution is -2.36. The fourth-order valence-corrected chi connectivity index (χ4v) is 6.07. The van der Waals surface area contributed by atoms with Crippen LogP contribution in [0.2, 0.25) is 0 Å². The summed E-state index contributed by atoms with van der Waals surface area (Å²) in [5.41, 5.74) is -0.0446. The molecule has 0 saturated carbocycles. The van der Waals surface area contributed by atoms with Crippen molar-refractivity contribution in [1.82, 2.24) is 0 Å². The van der Waals surface area contributed by atoms with E-state index in [0.29, 0.717) is 5.56 Å². The summed E-state index contributed by atoms with van der Waals surface area (Å²) in [7, 11) is 0. The number of unbranched alkanes of at least 4 members (excludes halogenated alkanes) is 16. The summed E-state index contributed by atoms with van der Waals surface area (Å²) in [4.78, 5) is 24.3. The molecule has 0 unspecified atom stereocenters. The minimum absolute atomic E-state index is 0.146. The van der Waals surface area contributed by atoms with Gasteiger partial charge in [-0.3, -0.25) is 0 Å². The molecule has 0 spiro atoms. The zero-order valence-electron chi connectivity index (χ0n) is 24.9. The predicted octanol–water partition coefficient (Wildman–Crippen LogP) is 8.29. The minimum atomic E-state index is -1.44. The molecule has 0 aliphatic rings. The molecule has 4 nitrogen and oxygen atoms in total. The Hall–Kier alpha value is -1.84. The third-order valence-corrected chi connectivity index (χ3v) is 8.34. The lowest BCUT2D eigenvalue weighted by Gasteiger charge is -2.38. The second-order valence-electron chi connectivity index (χ2n) is 11.5. The van der Waals surface area contributed by atoms with Crippen LogP contribution in [0.15, 0.2) is 18.2 Å². The standard InChI is InChI=1S/C34H58O4/c1-4-7-10-13-16-19-22-28-34(26-20-17-14-11-8-5-2,27-21-18-15-12-9-6-3)30-25-23-24-29(32(35)36)31(30)33(37)38/h23-25H,4-22,26-28H2,1-3H3,(H,35,36)(H,37,38)/p-2. The average Bonchev–Trinajstić information content (AvgIpc) is 2.91. The molecule has 38 heavy (non-hydrogen) atoms. The van der Waals surface area contributed by atoms with Gasteiger partial charge in [-0.15, -0.1) is 0 Å². The molecule has 0 aromatic heterocycles. The highest BCUT2D eigenvalue weighted by molar-refractivity contribution is 6.01. The van der Waals surface area contributed by atoms with Crippen LogP contribution < -0.4 is 10.2 Å². The van der Waals surface area contributed by atoms with Gasteiger partial charge in [-0.1, -0.05) is 161 Å². The molecule has 0 saturated heterocycles. The van der Waals surface area contributed by atoms with Crippen LogP contribution >= 0.6 is 0 Å². The van der Waals surface area contributed by atoms with Gasteiger partial charge >= 0.3 is 0 Å². The van der Waals surface area contributed by atoms with E-state index >= 15 is 0 Å². The molecule has 0 aliphatic heterocycles. The number of benzene rings is 1. The Labute approximate surface area is 234 Å². The number of carboxylic acid groups (broad SMARTS) is 2. The smallest absolute Gasteiger partial charge is 0.0724 e. The summed E-state index contributed by atoms with van der Waals surface area (Å²) < 4.78 is 0. The van der Waals surface area contributed by atoms with Crippen LogP contribution in [-0.2, 0) is 5.41 Å². The Balaban J connectivity index is 3.23. The van der Waals surface area contributed by atoms with E-state index in [1.807, 2.05) is 6.07 Å². The van der Waals surface area contributed by atoms with E-state index in [9.17, 15) is 19.8 Å². The van der Waals surface area contributed by atoms with Crippen LogP contribution in [-0.4, -0.2) is 11.9 Å². The average molecular weight is 529 g/mol. The zero-order valence-corrected chi connectivity index (χ0v) is 24.9.